The van der Waals surface area contributed by atoms with Gasteiger partial charge in [-0.15, -0.1) is 0 Å². The van der Waals surface area contributed by atoms with E-state index in [0.29, 0.717) is 34.5 Å². The third-order valence-corrected chi connectivity index (χ3v) is 7.59. The molecule has 0 amide bonds. The van der Waals surface area contributed by atoms with E-state index in [1.807, 2.05) is 24.3 Å². The van der Waals surface area contributed by atoms with Gasteiger partial charge in [-0.3, -0.25) is 0 Å². The van der Waals surface area contributed by atoms with Crippen molar-refractivity contribution in [2.75, 3.05) is 42.7 Å². The third kappa shape index (κ3) is 4.04. The Labute approximate surface area is 238 Å². The second kappa shape index (κ2) is 10.5. The van der Waals surface area contributed by atoms with Gasteiger partial charge >= 0.3 is 0 Å². The van der Waals surface area contributed by atoms with Crippen LogP contribution in [0.1, 0.15) is 0 Å². The Hall–Kier alpha value is -5.04. The molecule has 0 aliphatic heterocycles. The Morgan fingerprint density at radius 2 is 0.732 bits per heavy atom. The minimum atomic E-state index is 0.537. The van der Waals surface area contributed by atoms with Gasteiger partial charge in [-0.2, -0.15) is 0 Å². The van der Waals surface area contributed by atoms with E-state index in [1.165, 1.54) is 10.8 Å². The normalized spacial score (nSPS) is 11.2. The molecule has 208 valence electrons. The minimum Gasteiger partial charge on any atom is -0.493 e. The fourth-order valence-electron chi connectivity index (χ4n) is 5.79. The highest BCUT2D eigenvalue weighted by Gasteiger charge is 2.24. The van der Waals surface area contributed by atoms with Crippen LogP contribution >= 0.6 is 0 Å². The van der Waals surface area contributed by atoms with Gasteiger partial charge in [0.2, 0.25) is 11.5 Å². The van der Waals surface area contributed by atoms with E-state index in [2.05, 4.69) is 53.5 Å². The fourth-order valence-corrected chi connectivity index (χ4v) is 5.79. The highest BCUT2D eigenvalue weighted by molar-refractivity contribution is 6.31. The maximum absolute atomic E-state index is 5.72. The topological polar surface area (TPSA) is 71.2 Å². The van der Waals surface area contributed by atoms with Gasteiger partial charge in [0.15, 0.2) is 23.0 Å². The first-order valence-electron chi connectivity index (χ1n) is 13.1. The van der Waals surface area contributed by atoms with Crippen molar-refractivity contribution in [2.45, 2.75) is 0 Å². The van der Waals surface area contributed by atoms with Crippen LogP contribution in [0.2, 0.25) is 0 Å². The Morgan fingerprint density at radius 1 is 0.415 bits per heavy atom. The molecule has 0 radical (unpaired) electrons. The Kier molecular flexibility index (Phi) is 6.71. The number of benzene rings is 5. The SMILES string of the molecule is COc1cc(-c2[nH]c(-c3cc(OC)c(OC)c(OC)c3)c3c4ccccc4c4ccccc4c23)cc(OC)c1OC. The van der Waals surface area contributed by atoms with Crippen LogP contribution in [0.3, 0.4) is 0 Å². The van der Waals surface area contributed by atoms with E-state index < -0.39 is 0 Å². The molecule has 1 aromatic heterocycles. The number of nitrogens with one attached hydrogen (secondary N) is 1. The minimum absolute atomic E-state index is 0.537. The predicted molar refractivity (Wildman–Crippen MR) is 163 cm³/mol. The van der Waals surface area contributed by atoms with Gasteiger partial charge in [0.1, 0.15) is 0 Å². The average Bonchev–Trinajstić information content (AvgIpc) is 3.44. The summed E-state index contributed by atoms with van der Waals surface area (Å²) >= 11 is 0. The number of H-pyrrole nitrogens is 1. The molecule has 0 atom stereocenters. The molecule has 5 aromatic carbocycles. The van der Waals surface area contributed by atoms with Crippen LogP contribution < -0.4 is 28.4 Å². The largest absolute Gasteiger partial charge is 0.493 e. The summed E-state index contributed by atoms with van der Waals surface area (Å²) in [6, 6.07) is 24.8. The molecule has 1 heterocycles. The number of aromatic nitrogens is 1. The lowest BCUT2D eigenvalue weighted by atomic mass is 9.92. The number of methoxy groups -OCH3 is 6. The van der Waals surface area contributed by atoms with Crippen LogP contribution in [0.15, 0.2) is 72.8 Å². The monoisotopic (exact) mass is 549 g/mol. The van der Waals surface area contributed by atoms with Gasteiger partial charge < -0.3 is 33.4 Å². The van der Waals surface area contributed by atoms with Crippen molar-refractivity contribution >= 4 is 32.3 Å². The molecule has 0 bridgehead atoms. The zero-order valence-corrected chi connectivity index (χ0v) is 23.9. The van der Waals surface area contributed by atoms with Crippen LogP contribution in [-0.4, -0.2) is 47.6 Å². The summed E-state index contributed by atoms with van der Waals surface area (Å²) in [5, 5.41) is 6.74. The van der Waals surface area contributed by atoms with Crippen molar-refractivity contribution in [1.29, 1.82) is 0 Å². The molecule has 0 unspecified atom stereocenters. The summed E-state index contributed by atoms with van der Waals surface area (Å²) < 4.78 is 34.1. The summed E-state index contributed by atoms with van der Waals surface area (Å²) in [4.78, 5) is 3.78. The molecule has 0 fully saturated rings. The maximum atomic E-state index is 5.72. The van der Waals surface area contributed by atoms with E-state index in [0.717, 1.165) is 44.1 Å². The molecule has 0 aliphatic carbocycles. The van der Waals surface area contributed by atoms with Crippen molar-refractivity contribution in [3.63, 3.8) is 0 Å². The zero-order valence-electron chi connectivity index (χ0n) is 23.9. The fraction of sp³-hybridized carbons (Fsp3) is 0.176. The molecular weight excluding hydrogens is 518 g/mol. The standard InChI is InChI=1S/C34H31NO6/c1-36-25-15-19(16-26(37-2)33(25)40-5)31-29-23-13-9-7-11-21(23)22-12-8-10-14-24(22)30(29)32(35-31)20-17-27(38-3)34(41-6)28(18-20)39-4/h7-18,35H,1-6H3. The van der Waals surface area contributed by atoms with Gasteiger partial charge in [-0.05, 0) is 45.8 Å². The molecule has 0 aliphatic rings. The number of rotatable bonds is 8. The van der Waals surface area contributed by atoms with Crippen LogP contribution in [0.5, 0.6) is 34.5 Å². The zero-order chi connectivity index (χ0) is 28.7. The first-order valence-corrected chi connectivity index (χ1v) is 13.1. The summed E-state index contributed by atoms with van der Waals surface area (Å²) in [5.74, 6) is 3.37. The molecule has 7 heteroatoms. The first kappa shape index (κ1) is 26.2. The second-order valence-electron chi connectivity index (χ2n) is 9.54. The van der Waals surface area contributed by atoms with Crippen LogP contribution in [0.25, 0.3) is 54.8 Å². The predicted octanol–water partition coefficient (Wildman–Crippen LogP) is 7.86. The summed E-state index contributed by atoms with van der Waals surface area (Å²) in [5.41, 5.74) is 3.63. The van der Waals surface area contributed by atoms with E-state index >= 15 is 0 Å². The summed E-state index contributed by atoms with van der Waals surface area (Å²) in [6.45, 7) is 0. The molecule has 41 heavy (non-hydrogen) atoms. The molecule has 6 rings (SSSR count). The molecule has 6 aromatic rings. The molecule has 1 N–H and O–H groups in total. The number of hydrogen-bond donors (Lipinski definition) is 1. The van der Waals surface area contributed by atoms with Gasteiger partial charge in [-0.25, -0.2) is 0 Å². The highest BCUT2D eigenvalue weighted by Crippen LogP contribution is 2.49. The van der Waals surface area contributed by atoms with Crippen molar-refractivity contribution in [3.05, 3.63) is 72.8 Å². The Bertz CT molecular complexity index is 1740. The molecular formula is C34H31NO6. The average molecular weight is 550 g/mol. The molecule has 0 saturated heterocycles. The second-order valence-corrected chi connectivity index (χ2v) is 9.54. The van der Waals surface area contributed by atoms with Crippen LogP contribution in [0, 0.1) is 0 Å². The lowest BCUT2D eigenvalue weighted by Crippen LogP contribution is -1.96. The smallest absolute Gasteiger partial charge is 0.203 e. The number of ether oxygens (including phenoxy) is 6. The van der Waals surface area contributed by atoms with Gasteiger partial charge in [-0.1, -0.05) is 48.5 Å². The first-order chi connectivity index (χ1) is 20.1. The Balaban J connectivity index is 1.81. The summed E-state index contributed by atoms with van der Waals surface area (Å²) in [6.07, 6.45) is 0. The highest BCUT2D eigenvalue weighted by atomic mass is 16.5. The third-order valence-electron chi connectivity index (χ3n) is 7.59. The van der Waals surface area contributed by atoms with Gasteiger partial charge in [0, 0.05) is 21.9 Å². The quantitative estimate of drug-likeness (QED) is 0.195. The van der Waals surface area contributed by atoms with Crippen molar-refractivity contribution in [2.24, 2.45) is 0 Å². The summed E-state index contributed by atoms with van der Waals surface area (Å²) in [7, 11) is 9.70. The van der Waals surface area contributed by atoms with Crippen molar-refractivity contribution < 1.29 is 28.4 Å². The molecule has 0 spiro atoms. The van der Waals surface area contributed by atoms with Gasteiger partial charge in [0.25, 0.3) is 0 Å². The molecule has 0 saturated carbocycles. The number of fused-ring (bicyclic) bond motifs is 6. The van der Waals surface area contributed by atoms with E-state index in [9.17, 15) is 0 Å². The number of hydrogen-bond acceptors (Lipinski definition) is 6. The van der Waals surface area contributed by atoms with Crippen molar-refractivity contribution in [1.82, 2.24) is 4.98 Å². The lowest BCUT2D eigenvalue weighted by Gasteiger charge is -2.14. The van der Waals surface area contributed by atoms with E-state index in [4.69, 9.17) is 28.4 Å². The lowest BCUT2D eigenvalue weighted by molar-refractivity contribution is 0.324. The van der Waals surface area contributed by atoms with Crippen LogP contribution in [0.4, 0.5) is 0 Å². The van der Waals surface area contributed by atoms with Crippen LogP contribution in [-0.2, 0) is 0 Å². The maximum Gasteiger partial charge on any atom is 0.203 e. The molecule has 7 nitrogen and oxygen atoms in total. The van der Waals surface area contributed by atoms with Crippen molar-refractivity contribution in [3.8, 4) is 57.0 Å². The van der Waals surface area contributed by atoms with E-state index in [-0.39, 0.29) is 0 Å². The van der Waals surface area contributed by atoms with E-state index in [1.54, 1.807) is 42.7 Å². The Morgan fingerprint density at radius 3 is 1.02 bits per heavy atom. The van der Waals surface area contributed by atoms with Gasteiger partial charge in [0.05, 0.1) is 54.0 Å². The number of aromatic amines is 1.